The molecule has 0 aliphatic heterocycles. The lowest BCUT2D eigenvalue weighted by molar-refractivity contribution is -0.135. The van der Waals surface area contributed by atoms with Gasteiger partial charge in [-0.15, -0.1) is 0 Å². The minimum Gasteiger partial charge on any atom is -0.480 e. The third-order valence-electron chi connectivity index (χ3n) is 2.05. The zero-order valence-electron chi connectivity index (χ0n) is 10.3. The van der Waals surface area contributed by atoms with E-state index in [1.54, 1.807) is 0 Å². The van der Waals surface area contributed by atoms with Gasteiger partial charge in [0.1, 0.15) is 12.2 Å². The Morgan fingerprint density at radius 3 is 2.67 bits per heavy atom. The Balaban J connectivity index is 2.84. The number of hydrogen-bond acceptors (Lipinski definition) is 5. The highest BCUT2D eigenvalue weighted by Crippen LogP contribution is 2.08. The fourth-order valence-electron chi connectivity index (χ4n) is 1.40. The van der Waals surface area contributed by atoms with Crippen LogP contribution in [0.1, 0.15) is 30.0 Å². The van der Waals surface area contributed by atoms with Gasteiger partial charge in [-0.25, -0.2) is 9.97 Å². The van der Waals surface area contributed by atoms with Crippen molar-refractivity contribution in [3.8, 4) is 0 Å². The summed E-state index contributed by atoms with van der Waals surface area (Å²) in [4.78, 5) is 29.8. The Hall–Kier alpha value is -2.18. The highest BCUT2D eigenvalue weighted by atomic mass is 16.4. The summed E-state index contributed by atoms with van der Waals surface area (Å²) in [6.45, 7) is 3.58. The fraction of sp³-hybridized carbons (Fsp3) is 0.455. The van der Waals surface area contributed by atoms with Crippen LogP contribution in [0.15, 0.2) is 6.07 Å². The second-order valence-electron chi connectivity index (χ2n) is 4.28. The molecule has 0 aliphatic carbocycles. The van der Waals surface area contributed by atoms with Gasteiger partial charge in [0.2, 0.25) is 5.95 Å². The number of carbonyl (C=O) groups excluding carboxylic acids is 1. The van der Waals surface area contributed by atoms with E-state index >= 15 is 0 Å². The molecule has 0 aromatic carbocycles. The third kappa shape index (κ3) is 4.36. The minimum absolute atomic E-state index is 0.00799. The van der Waals surface area contributed by atoms with Crippen molar-refractivity contribution in [3.05, 3.63) is 17.5 Å². The van der Waals surface area contributed by atoms with Crippen molar-refractivity contribution in [1.82, 2.24) is 15.3 Å². The molecule has 7 heteroatoms. The van der Waals surface area contributed by atoms with E-state index in [1.165, 1.54) is 6.07 Å². The van der Waals surface area contributed by atoms with E-state index in [-0.39, 0.29) is 11.6 Å². The topological polar surface area (TPSA) is 118 Å². The molecular weight excluding hydrogens is 236 g/mol. The molecule has 0 fully saturated rings. The Morgan fingerprint density at radius 2 is 2.11 bits per heavy atom. The lowest BCUT2D eigenvalue weighted by Gasteiger charge is -2.07. The molecule has 1 aromatic heterocycles. The SMILES string of the molecule is CC(C)Cc1cc(C(=O)NCC(=O)O)nc(N)n1. The van der Waals surface area contributed by atoms with E-state index < -0.39 is 18.4 Å². The number of carboxylic acids is 1. The number of anilines is 1. The summed E-state index contributed by atoms with van der Waals surface area (Å²) in [5.41, 5.74) is 6.26. The number of amides is 1. The summed E-state index contributed by atoms with van der Waals surface area (Å²) in [6.07, 6.45) is 0.673. The molecule has 1 amide bonds. The Bertz CT molecular complexity index is 460. The van der Waals surface area contributed by atoms with Gasteiger partial charge in [-0.3, -0.25) is 9.59 Å². The number of carboxylic acid groups (broad SMARTS) is 1. The lowest BCUT2D eigenvalue weighted by Crippen LogP contribution is -2.30. The number of aromatic nitrogens is 2. The quantitative estimate of drug-likeness (QED) is 0.682. The maximum Gasteiger partial charge on any atom is 0.322 e. The number of hydrogen-bond donors (Lipinski definition) is 3. The van der Waals surface area contributed by atoms with Gasteiger partial charge in [-0.05, 0) is 18.4 Å². The third-order valence-corrected chi connectivity index (χ3v) is 2.05. The number of nitrogen functional groups attached to an aromatic ring is 1. The van der Waals surface area contributed by atoms with Crippen molar-refractivity contribution in [3.63, 3.8) is 0 Å². The molecule has 0 saturated heterocycles. The van der Waals surface area contributed by atoms with Crippen LogP contribution >= 0.6 is 0 Å². The minimum atomic E-state index is -1.12. The Morgan fingerprint density at radius 1 is 1.44 bits per heavy atom. The van der Waals surface area contributed by atoms with E-state index in [2.05, 4.69) is 15.3 Å². The molecule has 0 saturated carbocycles. The number of nitrogens with zero attached hydrogens (tertiary/aromatic N) is 2. The van der Waals surface area contributed by atoms with E-state index in [0.29, 0.717) is 18.0 Å². The van der Waals surface area contributed by atoms with E-state index in [0.717, 1.165) is 0 Å². The van der Waals surface area contributed by atoms with Crippen molar-refractivity contribution in [2.75, 3.05) is 12.3 Å². The molecule has 98 valence electrons. The summed E-state index contributed by atoms with van der Waals surface area (Å²) in [5.74, 6) is -1.31. The number of aliphatic carboxylic acids is 1. The molecule has 1 rings (SSSR count). The van der Waals surface area contributed by atoms with Crippen molar-refractivity contribution in [2.45, 2.75) is 20.3 Å². The molecule has 4 N–H and O–H groups in total. The predicted octanol–water partition coefficient (Wildman–Crippen LogP) is 0.0717. The van der Waals surface area contributed by atoms with Crippen LogP contribution in [0.5, 0.6) is 0 Å². The van der Waals surface area contributed by atoms with Gasteiger partial charge in [0.05, 0.1) is 0 Å². The second kappa shape index (κ2) is 5.95. The largest absolute Gasteiger partial charge is 0.480 e. The summed E-state index contributed by atoms with van der Waals surface area (Å²) in [6, 6.07) is 1.52. The predicted molar refractivity (Wildman–Crippen MR) is 65.0 cm³/mol. The molecule has 1 aromatic rings. The molecular formula is C11H16N4O3. The average Bonchev–Trinajstić information content (AvgIpc) is 2.23. The van der Waals surface area contributed by atoms with Crippen LogP contribution < -0.4 is 11.1 Å². The molecule has 0 atom stereocenters. The van der Waals surface area contributed by atoms with Crippen LogP contribution in [0, 0.1) is 5.92 Å². The van der Waals surface area contributed by atoms with Crippen molar-refractivity contribution < 1.29 is 14.7 Å². The first kappa shape index (κ1) is 13.9. The first-order valence-corrected chi connectivity index (χ1v) is 5.52. The normalized spacial score (nSPS) is 10.4. The molecule has 7 nitrogen and oxygen atoms in total. The smallest absolute Gasteiger partial charge is 0.322 e. The van der Waals surface area contributed by atoms with Gasteiger partial charge >= 0.3 is 5.97 Å². The monoisotopic (exact) mass is 252 g/mol. The van der Waals surface area contributed by atoms with Gasteiger partial charge < -0.3 is 16.2 Å². The molecule has 18 heavy (non-hydrogen) atoms. The van der Waals surface area contributed by atoms with E-state index in [4.69, 9.17) is 10.8 Å². The molecule has 0 unspecified atom stereocenters. The first-order valence-electron chi connectivity index (χ1n) is 5.52. The molecule has 0 bridgehead atoms. The molecule has 0 spiro atoms. The second-order valence-corrected chi connectivity index (χ2v) is 4.28. The zero-order chi connectivity index (χ0) is 13.7. The molecule has 1 heterocycles. The van der Waals surface area contributed by atoms with Gasteiger partial charge in [0, 0.05) is 5.69 Å². The van der Waals surface area contributed by atoms with Crippen molar-refractivity contribution in [1.29, 1.82) is 0 Å². The van der Waals surface area contributed by atoms with Crippen LogP contribution in [0.3, 0.4) is 0 Å². The van der Waals surface area contributed by atoms with Gasteiger partial charge in [-0.2, -0.15) is 0 Å². The van der Waals surface area contributed by atoms with Crippen LogP contribution in [-0.4, -0.2) is 33.5 Å². The van der Waals surface area contributed by atoms with Gasteiger partial charge in [-0.1, -0.05) is 13.8 Å². The van der Waals surface area contributed by atoms with Gasteiger partial charge in [0.15, 0.2) is 0 Å². The van der Waals surface area contributed by atoms with E-state index in [9.17, 15) is 9.59 Å². The standard InChI is InChI=1S/C11H16N4O3/c1-6(2)3-7-4-8(15-11(12)14-7)10(18)13-5-9(16)17/h4,6H,3,5H2,1-2H3,(H,13,18)(H,16,17)(H2,12,14,15). The Labute approximate surface area is 104 Å². The van der Waals surface area contributed by atoms with Crippen LogP contribution in [0.25, 0.3) is 0 Å². The fourth-order valence-corrected chi connectivity index (χ4v) is 1.40. The zero-order valence-corrected chi connectivity index (χ0v) is 10.3. The summed E-state index contributed by atoms with van der Waals surface area (Å²) in [5, 5.41) is 10.7. The first-order chi connectivity index (χ1) is 8.38. The Kier molecular flexibility index (Phi) is 4.59. The summed E-state index contributed by atoms with van der Waals surface area (Å²) in [7, 11) is 0. The maximum atomic E-state index is 11.6. The number of rotatable bonds is 5. The lowest BCUT2D eigenvalue weighted by atomic mass is 10.1. The van der Waals surface area contributed by atoms with Crippen LogP contribution in [0.4, 0.5) is 5.95 Å². The molecule has 0 radical (unpaired) electrons. The average molecular weight is 252 g/mol. The molecule has 0 aliphatic rings. The van der Waals surface area contributed by atoms with Crippen molar-refractivity contribution >= 4 is 17.8 Å². The summed E-state index contributed by atoms with van der Waals surface area (Å²) >= 11 is 0. The summed E-state index contributed by atoms with van der Waals surface area (Å²) < 4.78 is 0. The number of nitrogens with one attached hydrogen (secondary N) is 1. The maximum absolute atomic E-state index is 11.6. The van der Waals surface area contributed by atoms with Crippen LogP contribution in [-0.2, 0) is 11.2 Å². The van der Waals surface area contributed by atoms with Crippen molar-refractivity contribution in [2.24, 2.45) is 5.92 Å². The van der Waals surface area contributed by atoms with Crippen LogP contribution in [0.2, 0.25) is 0 Å². The highest BCUT2D eigenvalue weighted by molar-refractivity contribution is 5.94. The number of nitrogens with two attached hydrogens (primary N) is 1. The number of carbonyl (C=O) groups is 2. The van der Waals surface area contributed by atoms with Gasteiger partial charge in [0.25, 0.3) is 5.91 Å². The highest BCUT2D eigenvalue weighted by Gasteiger charge is 2.12. The van der Waals surface area contributed by atoms with E-state index in [1.807, 2.05) is 13.8 Å².